The SMILES string of the molecule is CN(Cc1ccc(OC(F)F)cc1)C(=O)NCCCn1cnc2ccccc21. The predicted octanol–water partition coefficient (Wildman–Crippen LogP) is 3.87. The molecule has 1 aromatic heterocycles. The Morgan fingerprint density at radius 3 is 2.71 bits per heavy atom. The van der Waals surface area contributed by atoms with E-state index in [2.05, 4.69) is 19.6 Å². The summed E-state index contributed by atoms with van der Waals surface area (Å²) in [6.45, 7) is -1.18. The Morgan fingerprint density at radius 1 is 1.21 bits per heavy atom. The van der Waals surface area contributed by atoms with Gasteiger partial charge in [-0.15, -0.1) is 0 Å². The van der Waals surface area contributed by atoms with E-state index >= 15 is 0 Å². The molecule has 0 radical (unpaired) electrons. The zero-order valence-electron chi connectivity index (χ0n) is 15.5. The summed E-state index contributed by atoms with van der Waals surface area (Å²) in [7, 11) is 1.68. The van der Waals surface area contributed by atoms with Gasteiger partial charge in [0.25, 0.3) is 0 Å². The summed E-state index contributed by atoms with van der Waals surface area (Å²) < 4.78 is 30.7. The van der Waals surface area contributed by atoms with Crippen molar-refractivity contribution < 1.29 is 18.3 Å². The van der Waals surface area contributed by atoms with Crippen LogP contribution in [0, 0.1) is 0 Å². The second-order valence-electron chi connectivity index (χ2n) is 6.39. The van der Waals surface area contributed by atoms with Crippen LogP contribution < -0.4 is 10.1 Å². The fraction of sp³-hybridized carbons (Fsp3) is 0.300. The summed E-state index contributed by atoms with van der Waals surface area (Å²) in [4.78, 5) is 18.1. The number of ether oxygens (including phenoxy) is 1. The molecule has 2 amide bonds. The maximum atomic E-state index is 12.2. The highest BCUT2D eigenvalue weighted by atomic mass is 19.3. The summed E-state index contributed by atoms with van der Waals surface area (Å²) in [5.74, 6) is 0.0953. The molecule has 0 atom stereocenters. The van der Waals surface area contributed by atoms with Gasteiger partial charge in [-0.1, -0.05) is 24.3 Å². The van der Waals surface area contributed by atoms with Gasteiger partial charge in [0.2, 0.25) is 0 Å². The van der Waals surface area contributed by atoms with Crippen LogP contribution >= 0.6 is 0 Å². The van der Waals surface area contributed by atoms with Gasteiger partial charge >= 0.3 is 12.6 Å². The number of nitrogens with zero attached hydrogens (tertiary/aromatic N) is 3. The number of aromatic nitrogens is 2. The van der Waals surface area contributed by atoms with Crippen LogP contribution in [0.4, 0.5) is 13.6 Å². The molecule has 1 heterocycles. The number of alkyl halides is 2. The summed E-state index contributed by atoms with van der Waals surface area (Å²) in [6.07, 6.45) is 2.58. The number of aryl methyl sites for hydroxylation is 1. The Balaban J connectivity index is 1.41. The molecule has 8 heteroatoms. The standard InChI is InChI=1S/C20H22F2N4O2/c1-25(13-15-7-9-16(10-8-15)28-19(21)22)20(27)23-11-4-12-26-14-24-17-5-2-3-6-18(17)26/h2-3,5-10,14,19H,4,11-13H2,1H3,(H,23,27). The van der Waals surface area contributed by atoms with Crippen molar-refractivity contribution in [1.29, 1.82) is 0 Å². The van der Waals surface area contributed by atoms with Gasteiger partial charge in [0.05, 0.1) is 17.4 Å². The second-order valence-corrected chi connectivity index (χ2v) is 6.39. The third kappa shape index (κ3) is 5.18. The molecule has 0 unspecified atom stereocenters. The molecule has 0 saturated carbocycles. The number of halogens is 2. The van der Waals surface area contributed by atoms with E-state index in [9.17, 15) is 13.6 Å². The highest BCUT2D eigenvalue weighted by molar-refractivity contribution is 5.75. The molecule has 0 saturated heterocycles. The van der Waals surface area contributed by atoms with Crippen molar-refractivity contribution >= 4 is 17.1 Å². The van der Waals surface area contributed by atoms with Crippen LogP contribution in [0.1, 0.15) is 12.0 Å². The minimum Gasteiger partial charge on any atom is -0.435 e. The Morgan fingerprint density at radius 2 is 1.96 bits per heavy atom. The monoisotopic (exact) mass is 388 g/mol. The van der Waals surface area contributed by atoms with Gasteiger partial charge in [-0.2, -0.15) is 8.78 Å². The quantitative estimate of drug-likeness (QED) is 0.596. The summed E-state index contributed by atoms with van der Waals surface area (Å²) in [5.41, 5.74) is 2.85. The van der Waals surface area contributed by atoms with Gasteiger partial charge in [-0.3, -0.25) is 0 Å². The van der Waals surface area contributed by atoms with Crippen LogP contribution in [0.3, 0.4) is 0 Å². The fourth-order valence-electron chi connectivity index (χ4n) is 2.89. The largest absolute Gasteiger partial charge is 0.435 e. The fourth-order valence-corrected chi connectivity index (χ4v) is 2.89. The third-order valence-corrected chi connectivity index (χ3v) is 4.29. The Hall–Kier alpha value is -3.16. The molecule has 0 bridgehead atoms. The zero-order chi connectivity index (χ0) is 19.9. The van der Waals surface area contributed by atoms with Gasteiger partial charge in [-0.25, -0.2) is 9.78 Å². The van der Waals surface area contributed by atoms with E-state index in [-0.39, 0.29) is 11.8 Å². The van der Waals surface area contributed by atoms with E-state index in [1.807, 2.05) is 24.3 Å². The predicted molar refractivity (Wildman–Crippen MR) is 102 cm³/mol. The number of hydrogen-bond acceptors (Lipinski definition) is 3. The van der Waals surface area contributed by atoms with E-state index in [0.29, 0.717) is 13.1 Å². The molecule has 2 aromatic carbocycles. The molecule has 3 rings (SSSR count). The van der Waals surface area contributed by atoms with Gasteiger partial charge in [0.1, 0.15) is 5.75 Å². The minimum atomic E-state index is -2.85. The first-order valence-corrected chi connectivity index (χ1v) is 8.95. The maximum absolute atomic E-state index is 12.2. The lowest BCUT2D eigenvalue weighted by molar-refractivity contribution is -0.0498. The number of imidazole rings is 1. The Bertz CT molecular complexity index is 912. The first-order valence-electron chi connectivity index (χ1n) is 8.95. The number of carbonyl (C=O) groups is 1. The number of nitrogens with one attached hydrogen (secondary N) is 1. The van der Waals surface area contributed by atoms with Crippen molar-refractivity contribution in [3.63, 3.8) is 0 Å². The van der Waals surface area contributed by atoms with E-state index in [4.69, 9.17) is 0 Å². The highest BCUT2D eigenvalue weighted by Crippen LogP contribution is 2.16. The number of benzene rings is 2. The molecule has 0 aliphatic carbocycles. The van der Waals surface area contributed by atoms with Crippen LogP contribution in [-0.4, -0.2) is 40.7 Å². The summed E-state index contributed by atoms with van der Waals surface area (Å²) >= 11 is 0. The van der Waals surface area contributed by atoms with Crippen LogP contribution in [0.15, 0.2) is 54.9 Å². The zero-order valence-corrected chi connectivity index (χ0v) is 15.5. The first-order chi connectivity index (χ1) is 13.5. The average Bonchev–Trinajstić information content (AvgIpc) is 3.09. The van der Waals surface area contributed by atoms with E-state index in [0.717, 1.165) is 29.6 Å². The second kappa shape index (κ2) is 9.16. The van der Waals surface area contributed by atoms with Gasteiger partial charge in [0, 0.05) is 26.7 Å². The summed E-state index contributed by atoms with van der Waals surface area (Å²) in [6, 6.07) is 14.0. The van der Waals surface area contributed by atoms with Crippen LogP contribution in [-0.2, 0) is 13.1 Å². The molecule has 0 aliphatic rings. The molecule has 3 aromatic rings. The number of amides is 2. The van der Waals surface area contributed by atoms with Crippen LogP contribution in [0.25, 0.3) is 11.0 Å². The lowest BCUT2D eigenvalue weighted by Crippen LogP contribution is -2.37. The summed E-state index contributed by atoms with van der Waals surface area (Å²) in [5, 5.41) is 2.88. The van der Waals surface area contributed by atoms with E-state index in [1.165, 1.54) is 17.0 Å². The number of carbonyl (C=O) groups excluding carboxylic acids is 1. The molecule has 0 fully saturated rings. The third-order valence-electron chi connectivity index (χ3n) is 4.29. The van der Waals surface area contributed by atoms with Crippen molar-refractivity contribution in [3.05, 3.63) is 60.4 Å². The maximum Gasteiger partial charge on any atom is 0.387 e. The number of rotatable bonds is 8. The molecule has 6 nitrogen and oxygen atoms in total. The highest BCUT2D eigenvalue weighted by Gasteiger charge is 2.10. The number of para-hydroxylation sites is 2. The van der Waals surface area contributed by atoms with Crippen molar-refractivity contribution in [2.75, 3.05) is 13.6 Å². The van der Waals surface area contributed by atoms with Crippen LogP contribution in [0.5, 0.6) is 5.75 Å². The minimum absolute atomic E-state index is 0.0953. The topological polar surface area (TPSA) is 59.4 Å². The molecule has 148 valence electrons. The first kappa shape index (κ1) is 19.6. The molecule has 28 heavy (non-hydrogen) atoms. The van der Waals surface area contributed by atoms with Gasteiger partial charge < -0.3 is 19.5 Å². The molecule has 0 spiro atoms. The lowest BCUT2D eigenvalue weighted by atomic mass is 10.2. The van der Waals surface area contributed by atoms with Crippen molar-refractivity contribution in [1.82, 2.24) is 19.8 Å². The Labute approximate surface area is 161 Å². The van der Waals surface area contributed by atoms with Crippen molar-refractivity contribution in [2.45, 2.75) is 26.1 Å². The normalized spacial score (nSPS) is 11.0. The molecular formula is C20H22F2N4O2. The number of hydrogen-bond donors (Lipinski definition) is 1. The molecule has 0 aliphatic heterocycles. The van der Waals surface area contributed by atoms with Gasteiger partial charge in [0.15, 0.2) is 0 Å². The van der Waals surface area contributed by atoms with Crippen molar-refractivity contribution in [3.8, 4) is 5.75 Å². The lowest BCUT2D eigenvalue weighted by Gasteiger charge is -2.18. The van der Waals surface area contributed by atoms with E-state index < -0.39 is 6.61 Å². The number of fused-ring (bicyclic) bond motifs is 1. The van der Waals surface area contributed by atoms with Crippen LogP contribution in [0.2, 0.25) is 0 Å². The smallest absolute Gasteiger partial charge is 0.387 e. The van der Waals surface area contributed by atoms with Crippen molar-refractivity contribution in [2.24, 2.45) is 0 Å². The van der Waals surface area contributed by atoms with E-state index in [1.54, 1.807) is 25.5 Å². The Kier molecular flexibility index (Phi) is 6.41. The average molecular weight is 388 g/mol. The van der Waals surface area contributed by atoms with Gasteiger partial charge in [-0.05, 0) is 36.2 Å². The molecular weight excluding hydrogens is 366 g/mol. The number of urea groups is 1. The molecule has 1 N–H and O–H groups in total.